The van der Waals surface area contributed by atoms with Crippen molar-refractivity contribution in [2.45, 2.75) is 43.8 Å². The number of ether oxygens (including phenoxy) is 2. The zero-order chi connectivity index (χ0) is 25.1. The number of carbonyl (C=O) groups is 1. The van der Waals surface area contributed by atoms with E-state index in [0.717, 1.165) is 46.1 Å². The second-order valence-corrected chi connectivity index (χ2v) is 9.14. The summed E-state index contributed by atoms with van der Waals surface area (Å²) in [6.45, 7) is 0. The van der Waals surface area contributed by atoms with Crippen LogP contribution in [0.25, 0.3) is 28.1 Å². The smallest absolute Gasteiger partial charge is 0.305 e. The predicted octanol–water partition coefficient (Wildman–Crippen LogP) is 5.05. The Morgan fingerprint density at radius 2 is 1.80 bits per heavy atom. The quantitative estimate of drug-likeness (QED) is 0.359. The zero-order valence-electron chi connectivity index (χ0n) is 19.6. The van der Waals surface area contributed by atoms with Crippen LogP contribution in [0.4, 0.5) is 0 Å². The van der Waals surface area contributed by atoms with Crippen molar-refractivity contribution < 1.29 is 29.6 Å². The number of nitrogens with zero attached hydrogens (tertiary/aromatic N) is 1. The summed E-state index contributed by atoms with van der Waals surface area (Å²) in [6, 6.07) is 11.3. The molecule has 3 N–H and O–H groups in total. The van der Waals surface area contributed by atoms with Crippen molar-refractivity contribution in [2.24, 2.45) is 0 Å². The van der Waals surface area contributed by atoms with Crippen LogP contribution >= 0.6 is 11.6 Å². The lowest BCUT2D eigenvalue weighted by Crippen LogP contribution is -2.19. The largest absolute Gasteiger partial charge is 0.493 e. The number of aliphatic hydroxyl groups excluding tert-OH is 2. The van der Waals surface area contributed by atoms with Crippen LogP contribution in [0.15, 0.2) is 42.5 Å². The van der Waals surface area contributed by atoms with E-state index in [1.54, 1.807) is 20.3 Å². The van der Waals surface area contributed by atoms with Gasteiger partial charge in [-0.2, -0.15) is 0 Å². The molecule has 1 aromatic heterocycles. The summed E-state index contributed by atoms with van der Waals surface area (Å²) in [4.78, 5) is 15.8. The van der Waals surface area contributed by atoms with Crippen molar-refractivity contribution in [3.05, 3.63) is 58.8 Å². The minimum absolute atomic E-state index is 0.0795. The molecule has 4 rings (SSSR count). The number of rotatable bonds is 10. The summed E-state index contributed by atoms with van der Waals surface area (Å²) in [6.07, 6.45) is 2.78. The number of carboxylic acids is 1. The van der Waals surface area contributed by atoms with Crippen LogP contribution in [0.5, 0.6) is 11.5 Å². The van der Waals surface area contributed by atoms with E-state index in [-0.39, 0.29) is 6.42 Å². The van der Waals surface area contributed by atoms with E-state index in [9.17, 15) is 15.0 Å². The van der Waals surface area contributed by atoms with Gasteiger partial charge in [0.1, 0.15) is 0 Å². The molecule has 0 radical (unpaired) electrons. The van der Waals surface area contributed by atoms with Gasteiger partial charge in [-0.3, -0.25) is 9.78 Å². The molecule has 1 aliphatic carbocycles. The first kappa shape index (κ1) is 25.0. The zero-order valence-corrected chi connectivity index (χ0v) is 20.3. The molecule has 7 nitrogen and oxygen atoms in total. The number of aliphatic hydroxyl groups is 2. The fourth-order valence-corrected chi connectivity index (χ4v) is 4.36. The van der Waals surface area contributed by atoms with E-state index in [2.05, 4.69) is 0 Å². The molecule has 1 fully saturated rings. The summed E-state index contributed by atoms with van der Waals surface area (Å²) in [7, 11) is 3.17. The number of fused-ring (bicyclic) bond motifs is 1. The van der Waals surface area contributed by atoms with Crippen molar-refractivity contribution in [2.75, 3.05) is 14.2 Å². The highest BCUT2D eigenvalue weighted by Gasteiger charge is 2.30. The second-order valence-electron chi connectivity index (χ2n) is 8.71. The highest BCUT2D eigenvalue weighted by Crippen LogP contribution is 2.47. The van der Waals surface area contributed by atoms with E-state index >= 15 is 0 Å². The maximum Gasteiger partial charge on any atom is 0.305 e. The molecule has 1 aliphatic rings. The number of hydrogen-bond donors (Lipinski definition) is 3. The third-order valence-electron chi connectivity index (χ3n) is 6.06. The van der Waals surface area contributed by atoms with Crippen LogP contribution < -0.4 is 9.47 Å². The summed E-state index contributed by atoms with van der Waals surface area (Å²) in [5, 5.41) is 30.8. The Morgan fingerprint density at radius 1 is 1.14 bits per heavy atom. The molecule has 3 aromatic rings. The first-order chi connectivity index (χ1) is 16.8. The number of methoxy groups -OCH3 is 2. The molecular formula is C27H28ClNO6. The molecule has 1 saturated carbocycles. The van der Waals surface area contributed by atoms with Crippen LogP contribution in [0.1, 0.15) is 42.9 Å². The highest BCUT2D eigenvalue weighted by atomic mass is 35.5. The summed E-state index contributed by atoms with van der Waals surface area (Å²) in [5.74, 6) is 0.344. The number of carboxylic acid groups (broad SMARTS) is 1. The summed E-state index contributed by atoms with van der Waals surface area (Å²) >= 11 is 6.16. The molecular weight excluding hydrogens is 470 g/mol. The van der Waals surface area contributed by atoms with E-state index in [0.29, 0.717) is 22.4 Å². The molecule has 1 heterocycles. The molecule has 2 atom stereocenters. The van der Waals surface area contributed by atoms with Crippen molar-refractivity contribution in [1.29, 1.82) is 0 Å². The van der Waals surface area contributed by atoms with Crippen molar-refractivity contribution in [3.63, 3.8) is 0 Å². The second kappa shape index (κ2) is 10.6. The maximum absolute atomic E-state index is 10.8. The number of aromatic nitrogens is 1. The SMILES string of the molecule is COc1cc2nc(C3CC3)c(C=CC(O)CC(O)CC(=O)O)c(-c3ccc(Cl)cc3)c2cc1OC. The van der Waals surface area contributed by atoms with Gasteiger partial charge in [0.2, 0.25) is 0 Å². The fourth-order valence-electron chi connectivity index (χ4n) is 4.24. The fraction of sp³-hybridized carbons (Fsp3) is 0.333. The van der Waals surface area contributed by atoms with Gasteiger partial charge in [0.15, 0.2) is 11.5 Å². The molecule has 0 spiro atoms. The lowest BCUT2D eigenvalue weighted by Gasteiger charge is -2.18. The van der Waals surface area contributed by atoms with E-state index in [1.165, 1.54) is 0 Å². The van der Waals surface area contributed by atoms with Crippen LogP contribution in [-0.2, 0) is 4.79 Å². The normalized spacial score (nSPS) is 15.3. The average Bonchev–Trinajstić information content (AvgIpc) is 3.66. The topological polar surface area (TPSA) is 109 Å². The lowest BCUT2D eigenvalue weighted by molar-refractivity contribution is -0.139. The third-order valence-corrected chi connectivity index (χ3v) is 6.32. The standard InChI is InChI=1S/C27H28ClNO6/c1-34-23-13-21-22(14-24(23)35-2)29-27(16-3-4-16)20(26(21)15-5-7-17(28)8-6-15)10-9-18(30)11-19(31)12-25(32)33/h5-10,13-14,16,18-19,30-31H,3-4,11-12H2,1-2H3,(H,32,33). The number of benzene rings is 2. The Balaban J connectivity index is 1.88. The first-order valence-electron chi connectivity index (χ1n) is 11.4. The Hall–Kier alpha value is -3.13. The number of halogens is 1. The van der Waals surface area contributed by atoms with Gasteiger partial charge >= 0.3 is 5.97 Å². The summed E-state index contributed by atoms with van der Waals surface area (Å²) < 4.78 is 11.1. The number of pyridine rings is 1. The van der Waals surface area contributed by atoms with Crippen molar-refractivity contribution in [1.82, 2.24) is 4.98 Å². The minimum atomic E-state index is -1.14. The van der Waals surface area contributed by atoms with Gasteiger partial charge in [-0.25, -0.2) is 0 Å². The van der Waals surface area contributed by atoms with E-state index < -0.39 is 24.6 Å². The predicted molar refractivity (Wildman–Crippen MR) is 135 cm³/mol. The average molecular weight is 498 g/mol. The van der Waals surface area contributed by atoms with Crippen LogP contribution in [0, 0.1) is 0 Å². The van der Waals surface area contributed by atoms with E-state index in [1.807, 2.05) is 42.5 Å². The highest BCUT2D eigenvalue weighted by molar-refractivity contribution is 6.30. The van der Waals surface area contributed by atoms with Crippen molar-refractivity contribution >= 4 is 34.5 Å². The molecule has 184 valence electrons. The maximum atomic E-state index is 10.8. The Kier molecular flexibility index (Phi) is 7.60. The van der Waals surface area contributed by atoms with Gasteiger partial charge in [-0.05, 0) is 36.6 Å². The van der Waals surface area contributed by atoms with Gasteiger partial charge in [-0.15, -0.1) is 0 Å². The lowest BCUT2D eigenvalue weighted by atomic mass is 9.92. The van der Waals surface area contributed by atoms with Crippen LogP contribution in [0.2, 0.25) is 5.02 Å². The van der Waals surface area contributed by atoms with Crippen molar-refractivity contribution in [3.8, 4) is 22.6 Å². The summed E-state index contributed by atoms with van der Waals surface area (Å²) in [5.41, 5.74) is 4.40. The molecule has 0 aliphatic heterocycles. The third kappa shape index (κ3) is 5.75. The molecule has 2 unspecified atom stereocenters. The monoisotopic (exact) mass is 497 g/mol. The van der Waals surface area contributed by atoms with Gasteiger partial charge in [0.25, 0.3) is 0 Å². The minimum Gasteiger partial charge on any atom is -0.493 e. The van der Waals surface area contributed by atoms with Gasteiger partial charge in [0.05, 0.1) is 44.1 Å². The Labute approximate surface area is 208 Å². The van der Waals surface area contributed by atoms with Gasteiger partial charge in [0, 0.05) is 39.9 Å². The Bertz CT molecular complexity index is 1250. The first-order valence-corrected chi connectivity index (χ1v) is 11.8. The molecule has 0 saturated heterocycles. The molecule has 2 aromatic carbocycles. The molecule has 8 heteroatoms. The molecule has 35 heavy (non-hydrogen) atoms. The van der Waals surface area contributed by atoms with Gasteiger partial charge < -0.3 is 24.8 Å². The Morgan fingerprint density at radius 3 is 2.40 bits per heavy atom. The van der Waals surface area contributed by atoms with E-state index in [4.69, 9.17) is 31.2 Å². The van der Waals surface area contributed by atoms with Gasteiger partial charge in [-0.1, -0.05) is 35.9 Å². The number of aliphatic carboxylic acids is 1. The van der Waals surface area contributed by atoms with Crippen LogP contribution in [0.3, 0.4) is 0 Å². The van der Waals surface area contributed by atoms with Crippen LogP contribution in [-0.4, -0.2) is 52.7 Å². The number of hydrogen-bond acceptors (Lipinski definition) is 6. The molecule has 0 amide bonds. The molecule has 0 bridgehead atoms.